The van der Waals surface area contributed by atoms with E-state index in [0.29, 0.717) is 13.0 Å². The number of hydrogen-bond donors (Lipinski definition) is 1. The minimum Gasteiger partial charge on any atom is -0.459 e. The van der Waals surface area contributed by atoms with Crippen LogP contribution >= 0.6 is 22.6 Å². The number of hydrogen-bond acceptors (Lipinski definition) is 3. The average molecular weight is 410 g/mol. The predicted molar refractivity (Wildman–Crippen MR) is 90.6 cm³/mol. The third-order valence-corrected chi connectivity index (χ3v) is 4.31. The Kier molecular flexibility index (Phi) is 4.47. The molecule has 0 aliphatic carbocycles. The highest BCUT2D eigenvalue weighted by Gasteiger charge is 2.35. The van der Waals surface area contributed by atoms with Crippen molar-refractivity contribution in [2.45, 2.75) is 18.9 Å². The molecule has 1 aliphatic rings. The highest BCUT2D eigenvalue weighted by molar-refractivity contribution is 14.1. The van der Waals surface area contributed by atoms with Gasteiger partial charge in [-0.1, -0.05) is 6.07 Å². The van der Waals surface area contributed by atoms with E-state index in [9.17, 15) is 9.59 Å². The van der Waals surface area contributed by atoms with E-state index in [2.05, 4.69) is 27.9 Å². The molecule has 3 rings (SSSR count). The van der Waals surface area contributed by atoms with Gasteiger partial charge in [-0.05, 0) is 65.8 Å². The van der Waals surface area contributed by atoms with Crippen molar-refractivity contribution in [1.29, 1.82) is 0 Å². The maximum Gasteiger partial charge on any atom is 0.290 e. The van der Waals surface area contributed by atoms with Crippen molar-refractivity contribution in [2.24, 2.45) is 0 Å². The molecule has 114 valence electrons. The van der Waals surface area contributed by atoms with Crippen LogP contribution in [0.2, 0.25) is 0 Å². The van der Waals surface area contributed by atoms with E-state index in [1.807, 2.05) is 24.3 Å². The summed E-state index contributed by atoms with van der Waals surface area (Å²) in [5.41, 5.74) is 0.745. The number of nitrogens with zero attached hydrogens (tertiary/aromatic N) is 1. The predicted octanol–water partition coefficient (Wildman–Crippen LogP) is 3.13. The molecule has 22 heavy (non-hydrogen) atoms. The van der Waals surface area contributed by atoms with Gasteiger partial charge in [0.05, 0.1) is 6.26 Å². The summed E-state index contributed by atoms with van der Waals surface area (Å²) in [5, 5.41) is 2.89. The molecule has 2 heterocycles. The Bertz CT molecular complexity index is 684. The second-order valence-electron chi connectivity index (χ2n) is 5.13. The Labute approximate surface area is 141 Å². The molecule has 1 N–H and O–H groups in total. The Morgan fingerprint density at radius 1 is 1.27 bits per heavy atom. The van der Waals surface area contributed by atoms with Gasteiger partial charge in [-0.2, -0.15) is 0 Å². The number of benzene rings is 1. The number of furan rings is 1. The smallest absolute Gasteiger partial charge is 0.290 e. The summed E-state index contributed by atoms with van der Waals surface area (Å²) >= 11 is 2.19. The number of anilines is 1. The first-order valence-corrected chi connectivity index (χ1v) is 8.14. The number of rotatable bonds is 3. The Balaban J connectivity index is 1.72. The van der Waals surface area contributed by atoms with Crippen LogP contribution in [0.3, 0.4) is 0 Å². The van der Waals surface area contributed by atoms with Crippen molar-refractivity contribution in [3.8, 4) is 0 Å². The first-order chi connectivity index (χ1) is 10.6. The lowest BCUT2D eigenvalue weighted by molar-refractivity contribution is -0.119. The molecular weight excluding hydrogens is 395 g/mol. The van der Waals surface area contributed by atoms with E-state index in [1.165, 1.54) is 6.26 Å². The molecule has 0 bridgehead atoms. The summed E-state index contributed by atoms with van der Waals surface area (Å²) in [6.45, 7) is 0.573. The molecule has 1 aromatic carbocycles. The van der Waals surface area contributed by atoms with Gasteiger partial charge in [0.2, 0.25) is 5.91 Å². The summed E-state index contributed by atoms with van der Waals surface area (Å²) in [4.78, 5) is 26.4. The fourth-order valence-electron chi connectivity index (χ4n) is 2.62. The zero-order chi connectivity index (χ0) is 15.5. The highest BCUT2D eigenvalue weighted by Crippen LogP contribution is 2.22. The van der Waals surface area contributed by atoms with Crippen LogP contribution < -0.4 is 5.32 Å². The van der Waals surface area contributed by atoms with E-state index < -0.39 is 6.04 Å². The lowest BCUT2D eigenvalue weighted by Gasteiger charge is -2.23. The fourth-order valence-corrected chi connectivity index (χ4v) is 3.16. The summed E-state index contributed by atoms with van der Waals surface area (Å²) in [7, 11) is 0. The van der Waals surface area contributed by atoms with Crippen LogP contribution in [-0.4, -0.2) is 29.3 Å². The van der Waals surface area contributed by atoms with Crippen LogP contribution in [0.25, 0.3) is 0 Å². The minimum absolute atomic E-state index is 0.153. The van der Waals surface area contributed by atoms with E-state index in [-0.39, 0.29) is 17.6 Å². The van der Waals surface area contributed by atoms with Gasteiger partial charge < -0.3 is 14.6 Å². The minimum atomic E-state index is -0.449. The van der Waals surface area contributed by atoms with Gasteiger partial charge in [-0.25, -0.2) is 0 Å². The quantitative estimate of drug-likeness (QED) is 0.792. The van der Waals surface area contributed by atoms with Crippen LogP contribution in [0.1, 0.15) is 23.4 Å². The van der Waals surface area contributed by atoms with Gasteiger partial charge >= 0.3 is 0 Å². The maximum atomic E-state index is 12.5. The van der Waals surface area contributed by atoms with Crippen molar-refractivity contribution in [3.63, 3.8) is 0 Å². The van der Waals surface area contributed by atoms with Gasteiger partial charge in [-0.3, -0.25) is 9.59 Å². The number of halogens is 1. The Morgan fingerprint density at radius 2 is 2.14 bits per heavy atom. The van der Waals surface area contributed by atoms with Gasteiger partial charge in [0, 0.05) is 15.8 Å². The molecule has 1 fully saturated rings. The summed E-state index contributed by atoms with van der Waals surface area (Å²) in [6.07, 6.45) is 2.95. The van der Waals surface area contributed by atoms with Crippen molar-refractivity contribution in [3.05, 3.63) is 52.0 Å². The van der Waals surface area contributed by atoms with E-state index in [0.717, 1.165) is 15.7 Å². The van der Waals surface area contributed by atoms with Gasteiger partial charge in [0.25, 0.3) is 5.91 Å². The molecule has 0 saturated carbocycles. The van der Waals surface area contributed by atoms with Gasteiger partial charge in [-0.15, -0.1) is 0 Å². The molecule has 1 aromatic heterocycles. The SMILES string of the molecule is O=C(Nc1cccc(I)c1)[C@H]1CCCN1C(=O)c1ccco1. The van der Waals surface area contributed by atoms with Crippen LogP contribution in [0.15, 0.2) is 47.1 Å². The van der Waals surface area contributed by atoms with Crippen LogP contribution in [-0.2, 0) is 4.79 Å². The summed E-state index contributed by atoms with van der Waals surface area (Å²) in [6, 6.07) is 10.4. The van der Waals surface area contributed by atoms with E-state index in [1.54, 1.807) is 17.0 Å². The molecule has 2 aromatic rings. The number of nitrogens with one attached hydrogen (secondary N) is 1. The Hall–Kier alpha value is -1.83. The number of likely N-dealkylation sites (tertiary alicyclic amines) is 1. The van der Waals surface area contributed by atoms with Crippen molar-refractivity contribution in [1.82, 2.24) is 4.90 Å². The highest BCUT2D eigenvalue weighted by atomic mass is 127. The largest absolute Gasteiger partial charge is 0.459 e. The van der Waals surface area contributed by atoms with Gasteiger partial charge in [0.15, 0.2) is 5.76 Å². The van der Waals surface area contributed by atoms with Crippen molar-refractivity contribution >= 4 is 40.1 Å². The Morgan fingerprint density at radius 3 is 2.86 bits per heavy atom. The number of amides is 2. The molecule has 1 saturated heterocycles. The van der Waals surface area contributed by atoms with Crippen molar-refractivity contribution in [2.75, 3.05) is 11.9 Å². The third-order valence-electron chi connectivity index (χ3n) is 3.64. The van der Waals surface area contributed by atoms with Gasteiger partial charge in [0.1, 0.15) is 6.04 Å². The fraction of sp³-hybridized carbons (Fsp3) is 0.250. The molecule has 0 unspecified atom stereocenters. The summed E-state index contributed by atoms with van der Waals surface area (Å²) in [5.74, 6) is -0.112. The standard InChI is InChI=1S/C16H15IN2O3/c17-11-4-1-5-12(10-11)18-15(20)13-6-2-8-19(13)16(21)14-7-3-9-22-14/h1,3-5,7,9-10,13H,2,6,8H2,(H,18,20)/t13-/m1/s1. The molecule has 0 spiro atoms. The molecule has 1 atom stereocenters. The molecule has 6 heteroatoms. The molecule has 0 radical (unpaired) electrons. The lowest BCUT2D eigenvalue weighted by atomic mass is 10.2. The average Bonchev–Trinajstić information content (AvgIpc) is 3.18. The maximum absolute atomic E-state index is 12.5. The third kappa shape index (κ3) is 3.16. The first-order valence-electron chi connectivity index (χ1n) is 7.06. The van der Waals surface area contributed by atoms with Crippen LogP contribution in [0, 0.1) is 3.57 Å². The lowest BCUT2D eigenvalue weighted by Crippen LogP contribution is -2.43. The van der Waals surface area contributed by atoms with Crippen LogP contribution in [0.5, 0.6) is 0 Å². The second kappa shape index (κ2) is 6.51. The number of carbonyl (C=O) groups excluding carboxylic acids is 2. The van der Waals surface area contributed by atoms with Crippen molar-refractivity contribution < 1.29 is 14.0 Å². The van der Waals surface area contributed by atoms with E-state index in [4.69, 9.17) is 4.42 Å². The zero-order valence-corrected chi connectivity index (χ0v) is 13.9. The molecule has 2 amide bonds. The number of carbonyl (C=O) groups is 2. The molecular formula is C16H15IN2O3. The van der Waals surface area contributed by atoms with E-state index >= 15 is 0 Å². The van der Waals surface area contributed by atoms with Crippen LogP contribution in [0.4, 0.5) is 5.69 Å². The molecule has 1 aliphatic heterocycles. The topological polar surface area (TPSA) is 62.6 Å². The first kappa shape index (κ1) is 15.1. The zero-order valence-electron chi connectivity index (χ0n) is 11.8. The monoisotopic (exact) mass is 410 g/mol. The summed E-state index contributed by atoms with van der Waals surface area (Å²) < 4.78 is 6.19. The normalized spacial score (nSPS) is 17.5. The second-order valence-corrected chi connectivity index (χ2v) is 6.38. The molecule has 5 nitrogen and oxygen atoms in total.